The molecule has 2 rings (SSSR count). The van der Waals surface area contributed by atoms with Crippen LogP contribution in [0.25, 0.3) is 0 Å². The van der Waals surface area contributed by atoms with E-state index in [1.165, 1.54) is 0 Å². The maximum Gasteiger partial charge on any atom is 0.404 e. The van der Waals surface area contributed by atoms with Crippen LogP contribution in [0.3, 0.4) is 0 Å². The Labute approximate surface area is 153 Å². The summed E-state index contributed by atoms with van der Waals surface area (Å²) >= 11 is 0. The fourth-order valence-electron chi connectivity index (χ4n) is 2.54. The van der Waals surface area contributed by atoms with Crippen LogP contribution in [-0.4, -0.2) is 73.5 Å². The van der Waals surface area contributed by atoms with E-state index in [-0.39, 0.29) is 26.4 Å². The number of aliphatic hydroxyl groups is 1. The van der Waals surface area contributed by atoms with Crippen LogP contribution in [0.1, 0.15) is 12.5 Å². The van der Waals surface area contributed by atoms with Crippen molar-refractivity contribution in [3.63, 3.8) is 0 Å². The molecule has 0 aliphatic carbocycles. The third-order valence-corrected chi connectivity index (χ3v) is 5.03. The van der Waals surface area contributed by atoms with E-state index >= 15 is 0 Å². The Kier molecular flexibility index (Phi) is 7.16. The normalized spacial score (nSPS) is 28.0. The highest BCUT2D eigenvalue weighted by Crippen LogP contribution is 2.23. The minimum absolute atomic E-state index is 0.0996. The summed E-state index contributed by atoms with van der Waals surface area (Å²) in [6.07, 6.45) is 0. The van der Waals surface area contributed by atoms with E-state index < -0.39 is 40.8 Å². The SMILES string of the molecule is C[C@H](OCc1ccccc1)[B-]1(O)OCC(CO)(NCCS(=O)(=O)O)CO1. The molecule has 0 amide bonds. The third kappa shape index (κ3) is 6.00. The predicted molar refractivity (Wildman–Crippen MR) is 94.8 cm³/mol. The van der Waals surface area contributed by atoms with Crippen molar-refractivity contribution in [2.45, 2.75) is 25.1 Å². The standard InChI is InChI=1S/C15H25BNO8S/c1-13(23-9-14-5-3-2-4-6-14)16(19)24-11-15(10-18,12-25-16)17-7-8-26(20,21)22/h2-6,13,17-19H,7-12H2,1H3,(H,20,21,22)/q-1/t13-,15?,16?/m0/s1. The average molecular weight is 390 g/mol. The molecule has 0 aromatic heterocycles. The van der Waals surface area contributed by atoms with Gasteiger partial charge < -0.3 is 29.5 Å². The summed E-state index contributed by atoms with van der Waals surface area (Å²) < 4.78 is 46.8. The second-order valence-electron chi connectivity index (χ2n) is 6.50. The first-order chi connectivity index (χ1) is 12.2. The van der Waals surface area contributed by atoms with E-state index in [9.17, 15) is 18.5 Å². The van der Waals surface area contributed by atoms with Gasteiger partial charge in [0.05, 0.1) is 24.5 Å². The van der Waals surface area contributed by atoms with Crippen LogP contribution in [-0.2, 0) is 30.8 Å². The van der Waals surface area contributed by atoms with Crippen LogP contribution in [0, 0.1) is 0 Å². The van der Waals surface area contributed by atoms with E-state index in [2.05, 4.69) is 5.32 Å². The zero-order chi connectivity index (χ0) is 19.3. The van der Waals surface area contributed by atoms with Gasteiger partial charge in [-0.2, -0.15) is 8.42 Å². The lowest BCUT2D eigenvalue weighted by Crippen LogP contribution is -2.68. The molecule has 148 valence electrons. The van der Waals surface area contributed by atoms with Crippen molar-refractivity contribution in [2.24, 2.45) is 0 Å². The third-order valence-electron chi connectivity index (χ3n) is 4.31. The Morgan fingerprint density at radius 1 is 1.31 bits per heavy atom. The van der Waals surface area contributed by atoms with Crippen LogP contribution >= 0.6 is 0 Å². The molecule has 1 aliphatic rings. The molecular weight excluding hydrogens is 365 g/mol. The minimum Gasteiger partial charge on any atom is -0.558 e. The fourth-order valence-corrected chi connectivity index (χ4v) is 2.90. The first kappa shape index (κ1) is 21.3. The number of nitrogens with one attached hydrogen (secondary N) is 1. The first-order valence-electron chi connectivity index (χ1n) is 8.29. The molecule has 1 fully saturated rings. The minimum atomic E-state index is -4.12. The van der Waals surface area contributed by atoms with Crippen LogP contribution in [0.2, 0.25) is 0 Å². The van der Waals surface area contributed by atoms with Crippen molar-refractivity contribution in [2.75, 3.05) is 32.1 Å². The fraction of sp³-hybridized carbons (Fsp3) is 0.600. The number of rotatable bonds is 9. The molecule has 1 heterocycles. The van der Waals surface area contributed by atoms with E-state index in [4.69, 9.17) is 18.6 Å². The molecular formula is C15H25BNO8S-. The molecule has 4 N–H and O–H groups in total. The molecule has 9 nitrogen and oxygen atoms in total. The van der Waals surface area contributed by atoms with E-state index in [0.29, 0.717) is 0 Å². The van der Waals surface area contributed by atoms with Gasteiger partial charge in [0.2, 0.25) is 0 Å². The molecule has 0 unspecified atom stereocenters. The van der Waals surface area contributed by atoms with Gasteiger partial charge in [0, 0.05) is 25.8 Å². The Balaban J connectivity index is 1.87. The summed E-state index contributed by atoms with van der Waals surface area (Å²) in [4.78, 5) is 0. The second kappa shape index (κ2) is 8.76. The zero-order valence-electron chi connectivity index (χ0n) is 14.6. The summed E-state index contributed by atoms with van der Waals surface area (Å²) in [7, 11) is -4.12. The molecule has 0 radical (unpaired) electrons. The van der Waals surface area contributed by atoms with Crippen LogP contribution in [0.4, 0.5) is 0 Å². The molecule has 0 spiro atoms. The number of hydrogen-bond donors (Lipinski definition) is 4. The molecule has 11 heteroatoms. The number of ether oxygens (including phenoxy) is 1. The summed E-state index contributed by atoms with van der Waals surface area (Å²) in [6.45, 7) is -1.53. The number of hydrogen-bond acceptors (Lipinski definition) is 8. The number of benzene rings is 1. The maximum absolute atomic E-state index is 10.8. The van der Waals surface area contributed by atoms with Gasteiger partial charge in [-0.1, -0.05) is 37.3 Å². The molecule has 0 bridgehead atoms. The quantitative estimate of drug-likeness (QED) is 0.319. The summed E-state index contributed by atoms with van der Waals surface area (Å²) in [6, 6.07) is 8.69. The monoisotopic (exact) mass is 390 g/mol. The van der Waals surface area contributed by atoms with E-state index in [0.717, 1.165) is 5.56 Å². The van der Waals surface area contributed by atoms with Crippen molar-refractivity contribution >= 4 is 16.9 Å². The highest BCUT2D eigenvalue weighted by Gasteiger charge is 2.43. The first-order valence-corrected chi connectivity index (χ1v) is 9.90. The molecule has 1 aromatic rings. The summed E-state index contributed by atoms with van der Waals surface area (Å²) in [5.41, 5.74) is -0.135. The summed E-state index contributed by atoms with van der Waals surface area (Å²) in [5, 5.41) is 22.9. The van der Waals surface area contributed by atoms with Crippen molar-refractivity contribution in [3.05, 3.63) is 35.9 Å². The lowest BCUT2D eigenvalue weighted by Gasteiger charge is -2.51. The Morgan fingerprint density at radius 3 is 2.46 bits per heavy atom. The lowest BCUT2D eigenvalue weighted by atomic mass is 9.70. The summed E-state index contributed by atoms with van der Waals surface area (Å²) in [5.74, 6) is -0.513. The smallest absolute Gasteiger partial charge is 0.404 e. The topological polar surface area (TPSA) is 135 Å². The zero-order valence-corrected chi connectivity index (χ0v) is 15.4. The lowest BCUT2D eigenvalue weighted by molar-refractivity contribution is -0.0688. The second-order valence-corrected chi connectivity index (χ2v) is 8.08. The van der Waals surface area contributed by atoms with Gasteiger partial charge in [-0.15, -0.1) is 0 Å². The van der Waals surface area contributed by atoms with Gasteiger partial charge in [-0.25, -0.2) is 0 Å². The van der Waals surface area contributed by atoms with Gasteiger partial charge in [0.1, 0.15) is 0 Å². The van der Waals surface area contributed by atoms with Crippen molar-refractivity contribution in [3.8, 4) is 0 Å². The molecule has 1 saturated heterocycles. The van der Waals surface area contributed by atoms with Gasteiger partial charge >= 0.3 is 6.75 Å². The Bertz CT molecular complexity index is 663. The van der Waals surface area contributed by atoms with Crippen molar-refractivity contribution < 1.29 is 37.1 Å². The van der Waals surface area contributed by atoms with Gasteiger partial charge in [0.15, 0.2) is 0 Å². The molecule has 1 aromatic carbocycles. The van der Waals surface area contributed by atoms with E-state index in [1.807, 2.05) is 30.3 Å². The van der Waals surface area contributed by atoms with Gasteiger partial charge in [-0.05, 0) is 5.56 Å². The maximum atomic E-state index is 10.8. The molecule has 1 aliphatic heterocycles. The molecule has 26 heavy (non-hydrogen) atoms. The van der Waals surface area contributed by atoms with Gasteiger partial charge in [0.25, 0.3) is 10.1 Å². The Morgan fingerprint density at radius 2 is 1.92 bits per heavy atom. The van der Waals surface area contributed by atoms with Crippen molar-refractivity contribution in [1.29, 1.82) is 0 Å². The average Bonchev–Trinajstić information content (AvgIpc) is 2.61. The predicted octanol–water partition coefficient (Wildman–Crippen LogP) is -0.683. The van der Waals surface area contributed by atoms with Gasteiger partial charge in [-0.3, -0.25) is 4.55 Å². The van der Waals surface area contributed by atoms with Crippen molar-refractivity contribution in [1.82, 2.24) is 5.32 Å². The van der Waals surface area contributed by atoms with Crippen LogP contribution in [0.15, 0.2) is 30.3 Å². The largest absolute Gasteiger partial charge is 0.558 e. The van der Waals surface area contributed by atoms with E-state index in [1.54, 1.807) is 6.92 Å². The molecule has 1 atom stereocenters. The molecule has 0 saturated carbocycles. The Hall–Kier alpha value is -1.05. The van der Waals surface area contributed by atoms with Crippen LogP contribution < -0.4 is 5.32 Å². The number of aliphatic hydroxyl groups excluding tert-OH is 1. The highest BCUT2D eigenvalue weighted by molar-refractivity contribution is 7.85. The highest BCUT2D eigenvalue weighted by atomic mass is 32.2. The van der Waals surface area contributed by atoms with Crippen LogP contribution in [0.5, 0.6) is 0 Å².